The number of aryl methyl sites for hydroxylation is 2. The van der Waals surface area contributed by atoms with E-state index in [1.165, 1.54) is 0 Å². The summed E-state index contributed by atoms with van der Waals surface area (Å²) in [5.41, 5.74) is 8.99. The van der Waals surface area contributed by atoms with Crippen LogP contribution in [0.3, 0.4) is 0 Å². The number of piperazine rings is 1. The molecule has 0 radical (unpaired) electrons. The van der Waals surface area contributed by atoms with Crippen LogP contribution in [0.4, 0.5) is 0 Å². The fourth-order valence-electron chi connectivity index (χ4n) is 4.58. The summed E-state index contributed by atoms with van der Waals surface area (Å²) in [4.78, 5) is 16.7. The lowest BCUT2D eigenvalue weighted by Gasteiger charge is -2.40. The fourth-order valence-corrected chi connectivity index (χ4v) is 4.58. The van der Waals surface area contributed by atoms with E-state index in [4.69, 9.17) is 15.2 Å². The van der Waals surface area contributed by atoms with Crippen LogP contribution in [-0.2, 0) is 4.79 Å². The van der Waals surface area contributed by atoms with Crippen LogP contribution in [0.15, 0.2) is 42.5 Å². The molecule has 2 aliphatic rings. The first-order chi connectivity index (χ1) is 14.9. The van der Waals surface area contributed by atoms with Crippen molar-refractivity contribution >= 4 is 5.91 Å². The number of rotatable bonds is 6. The van der Waals surface area contributed by atoms with E-state index in [0.29, 0.717) is 37.7 Å². The van der Waals surface area contributed by atoms with Crippen LogP contribution in [0.1, 0.15) is 22.7 Å². The van der Waals surface area contributed by atoms with Crippen molar-refractivity contribution in [1.29, 1.82) is 0 Å². The van der Waals surface area contributed by atoms with Gasteiger partial charge in [0.25, 0.3) is 0 Å². The molecule has 2 heterocycles. The molecule has 0 saturated carbocycles. The highest BCUT2D eigenvalue weighted by molar-refractivity contribution is 5.82. The summed E-state index contributed by atoms with van der Waals surface area (Å²) >= 11 is 0. The second kappa shape index (κ2) is 9.26. The molecule has 166 valence electrons. The van der Waals surface area contributed by atoms with Gasteiger partial charge in [0.15, 0.2) is 17.6 Å². The number of nitrogens with zero attached hydrogens (tertiary/aromatic N) is 2. The fraction of sp³-hybridized carbons (Fsp3) is 0.458. The topological polar surface area (TPSA) is 88.3 Å². The van der Waals surface area contributed by atoms with Gasteiger partial charge in [-0.25, -0.2) is 0 Å². The van der Waals surface area contributed by atoms with Crippen molar-refractivity contribution in [2.45, 2.75) is 32.1 Å². The van der Waals surface area contributed by atoms with Gasteiger partial charge in [-0.15, -0.1) is 0 Å². The first-order valence-corrected chi connectivity index (χ1v) is 10.8. The maximum absolute atomic E-state index is 12.4. The molecule has 0 aromatic heterocycles. The van der Waals surface area contributed by atoms with Gasteiger partial charge in [0.1, 0.15) is 18.8 Å². The Morgan fingerprint density at radius 1 is 1.06 bits per heavy atom. The van der Waals surface area contributed by atoms with E-state index in [1.54, 1.807) is 0 Å². The molecule has 2 aromatic carbocycles. The van der Waals surface area contributed by atoms with Crippen LogP contribution in [0, 0.1) is 13.8 Å². The number of para-hydroxylation sites is 2. The lowest BCUT2D eigenvalue weighted by molar-refractivity contribution is -0.124. The van der Waals surface area contributed by atoms with Gasteiger partial charge in [-0.3, -0.25) is 14.6 Å². The maximum Gasteiger partial charge on any atom is 0.239 e. The Labute approximate surface area is 183 Å². The minimum Gasteiger partial charge on any atom is -0.486 e. The van der Waals surface area contributed by atoms with Crippen molar-refractivity contribution in [3.05, 3.63) is 59.2 Å². The van der Waals surface area contributed by atoms with Crippen molar-refractivity contribution in [3.63, 3.8) is 0 Å². The van der Waals surface area contributed by atoms with Gasteiger partial charge in [-0.2, -0.15) is 0 Å². The Bertz CT molecular complexity index is 907. The SMILES string of the molecule is Cc1cccc(C)c1C(C(N)=O)N1CCN(CC(O)C2COc3ccccc3O2)CC1. The van der Waals surface area contributed by atoms with E-state index >= 15 is 0 Å². The summed E-state index contributed by atoms with van der Waals surface area (Å²) in [7, 11) is 0. The normalized spacial score (nSPS) is 21.5. The Balaban J connectivity index is 1.35. The Morgan fingerprint density at radius 3 is 2.35 bits per heavy atom. The average molecular weight is 426 g/mol. The Hall–Kier alpha value is -2.61. The largest absolute Gasteiger partial charge is 0.486 e. The Morgan fingerprint density at radius 2 is 1.71 bits per heavy atom. The molecule has 1 saturated heterocycles. The molecule has 0 spiro atoms. The van der Waals surface area contributed by atoms with Crippen LogP contribution in [0.5, 0.6) is 11.5 Å². The molecule has 2 aliphatic heterocycles. The van der Waals surface area contributed by atoms with Gasteiger partial charge in [0.05, 0.1) is 0 Å². The van der Waals surface area contributed by atoms with E-state index in [1.807, 2.05) is 56.3 Å². The number of ether oxygens (including phenoxy) is 2. The van der Waals surface area contributed by atoms with Crippen LogP contribution in [0.2, 0.25) is 0 Å². The molecule has 1 amide bonds. The van der Waals surface area contributed by atoms with Gasteiger partial charge in [0.2, 0.25) is 5.91 Å². The lowest BCUT2D eigenvalue weighted by Crippen LogP contribution is -2.54. The number of benzene rings is 2. The number of nitrogens with two attached hydrogens (primary N) is 1. The zero-order valence-electron chi connectivity index (χ0n) is 18.2. The third kappa shape index (κ3) is 4.69. The summed E-state index contributed by atoms with van der Waals surface area (Å²) in [5.74, 6) is 1.06. The molecular formula is C24H31N3O4. The molecule has 4 rings (SSSR count). The van der Waals surface area contributed by atoms with Crippen molar-refractivity contribution < 1.29 is 19.4 Å². The van der Waals surface area contributed by atoms with Crippen LogP contribution in [-0.4, -0.2) is 72.4 Å². The number of aliphatic hydroxyl groups excluding tert-OH is 1. The highest BCUT2D eigenvalue weighted by Gasteiger charge is 2.33. The molecule has 31 heavy (non-hydrogen) atoms. The number of fused-ring (bicyclic) bond motifs is 1. The lowest BCUT2D eigenvalue weighted by atomic mass is 9.94. The number of hydrogen-bond acceptors (Lipinski definition) is 6. The number of carbonyl (C=O) groups is 1. The number of primary amides is 1. The third-order valence-electron chi connectivity index (χ3n) is 6.26. The van der Waals surface area contributed by atoms with Crippen LogP contribution in [0.25, 0.3) is 0 Å². The number of carbonyl (C=O) groups excluding carboxylic acids is 1. The van der Waals surface area contributed by atoms with Gasteiger partial charge >= 0.3 is 0 Å². The smallest absolute Gasteiger partial charge is 0.239 e. The summed E-state index contributed by atoms with van der Waals surface area (Å²) in [6.07, 6.45) is -1.06. The van der Waals surface area contributed by atoms with E-state index in [-0.39, 0.29) is 5.91 Å². The van der Waals surface area contributed by atoms with E-state index < -0.39 is 18.2 Å². The van der Waals surface area contributed by atoms with Gasteiger partial charge in [-0.05, 0) is 42.7 Å². The van der Waals surface area contributed by atoms with E-state index in [9.17, 15) is 9.90 Å². The second-order valence-electron chi connectivity index (χ2n) is 8.43. The minimum absolute atomic E-state index is 0.322. The van der Waals surface area contributed by atoms with Gasteiger partial charge in [-0.1, -0.05) is 30.3 Å². The predicted molar refractivity (Wildman–Crippen MR) is 118 cm³/mol. The molecule has 7 heteroatoms. The number of aliphatic hydroxyl groups is 1. The first kappa shape index (κ1) is 21.6. The molecule has 3 unspecified atom stereocenters. The van der Waals surface area contributed by atoms with Crippen molar-refractivity contribution in [3.8, 4) is 11.5 Å². The molecule has 3 N–H and O–H groups in total. The quantitative estimate of drug-likeness (QED) is 0.732. The number of amides is 1. The maximum atomic E-state index is 12.4. The zero-order chi connectivity index (χ0) is 22.0. The summed E-state index contributed by atoms with van der Waals surface area (Å²) in [5, 5.41) is 10.7. The molecule has 2 aromatic rings. The van der Waals surface area contributed by atoms with E-state index in [0.717, 1.165) is 29.8 Å². The van der Waals surface area contributed by atoms with Crippen molar-refractivity contribution in [2.24, 2.45) is 5.73 Å². The van der Waals surface area contributed by atoms with Crippen molar-refractivity contribution in [1.82, 2.24) is 9.80 Å². The zero-order valence-corrected chi connectivity index (χ0v) is 18.2. The number of hydrogen-bond donors (Lipinski definition) is 2. The van der Waals surface area contributed by atoms with E-state index in [2.05, 4.69) is 9.80 Å². The first-order valence-electron chi connectivity index (χ1n) is 10.8. The average Bonchev–Trinajstić information content (AvgIpc) is 2.76. The molecule has 3 atom stereocenters. The van der Waals surface area contributed by atoms with Gasteiger partial charge < -0.3 is 20.3 Å². The van der Waals surface area contributed by atoms with Crippen LogP contribution >= 0.6 is 0 Å². The highest BCUT2D eigenvalue weighted by atomic mass is 16.6. The monoisotopic (exact) mass is 425 g/mol. The second-order valence-corrected chi connectivity index (χ2v) is 8.43. The van der Waals surface area contributed by atoms with Gasteiger partial charge in [0, 0.05) is 32.7 Å². The standard InChI is InChI=1S/C24H31N3O4/c1-16-6-5-7-17(2)22(16)23(24(25)29)27-12-10-26(11-13-27)14-18(28)21-15-30-19-8-3-4-9-20(19)31-21/h3-9,18,21,23,28H,10-15H2,1-2H3,(H2,25,29). The third-order valence-corrected chi connectivity index (χ3v) is 6.26. The molecule has 1 fully saturated rings. The molecule has 0 aliphatic carbocycles. The Kier molecular flexibility index (Phi) is 6.46. The summed E-state index contributed by atoms with van der Waals surface area (Å²) < 4.78 is 11.7. The summed E-state index contributed by atoms with van der Waals surface area (Å²) in [6, 6.07) is 13.1. The molecular weight excluding hydrogens is 394 g/mol. The predicted octanol–water partition coefficient (Wildman–Crippen LogP) is 1.65. The van der Waals surface area contributed by atoms with Crippen molar-refractivity contribution in [2.75, 3.05) is 39.3 Å². The van der Waals surface area contributed by atoms with Crippen LogP contribution < -0.4 is 15.2 Å². The minimum atomic E-state index is -0.662. The molecule has 0 bridgehead atoms. The molecule has 7 nitrogen and oxygen atoms in total. The highest BCUT2D eigenvalue weighted by Crippen LogP contribution is 2.32. The number of β-amino-alcohol motifs (C(OH)–C–C–N with tert-alkyl or cyclic N) is 1. The summed E-state index contributed by atoms with van der Waals surface area (Å²) in [6.45, 7) is 7.78.